The van der Waals surface area contributed by atoms with Gasteiger partial charge in [0.1, 0.15) is 23.2 Å². The summed E-state index contributed by atoms with van der Waals surface area (Å²) in [5.74, 6) is 3.19. The van der Waals surface area contributed by atoms with Gasteiger partial charge in [-0.2, -0.15) is 4.98 Å². The maximum atomic E-state index is 12.9. The largest absolute Gasteiger partial charge is 0.497 e. The van der Waals surface area contributed by atoms with Gasteiger partial charge in [0.2, 0.25) is 11.6 Å². The van der Waals surface area contributed by atoms with E-state index in [0.29, 0.717) is 24.6 Å². The van der Waals surface area contributed by atoms with E-state index < -0.39 is 0 Å². The Bertz CT molecular complexity index is 1080. The number of nitrogens with one attached hydrogen (secondary N) is 1. The van der Waals surface area contributed by atoms with E-state index in [2.05, 4.69) is 15.2 Å². The minimum absolute atomic E-state index is 0.0737. The number of rotatable bonds is 5. The Morgan fingerprint density at radius 3 is 2.93 bits per heavy atom. The van der Waals surface area contributed by atoms with Gasteiger partial charge in [0, 0.05) is 25.2 Å². The first-order valence-corrected chi connectivity index (χ1v) is 10.4. The molecule has 30 heavy (non-hydrogen) atoms. The first-order valence-electron chi connectivity index (χ1n) is 10.4. The number of anilines is 1. The number of furan rings is 1. The van der Waals surface area contributed by atoms with Crippen molar-refractivity contribution in [3.63, 3.8) is 0 Å². The zero-order valence-electron chi connectivity index (χ0n) is 18.0. The second-order valence-corrected chi connectivity index (χ2v) is 7.91. The van der Waals surface area contributed by atoms with Crippen molar-refractivity contribution in [2.24, 2.45) is 5.92 Å². The summed E-state index contributed by atoms with van der Waals surface area (Å²) in [7, 11) is 1.64. The zero-order valence-corrected chi connectivity index (χ0v) is 18.0. The third-order valence-corrected chi connectivity index (χ3v) is 5.81. The van der Waals surface area contributed by atoms with Crippen molar-refractivity contribution in [2.75, 3.05) is 25.1 Å². The van der Waals surface area contributed by atoms with Crippen molar-refractivity contribution in [2.45, 2.75) is 40.2 Å². The molecule has 1 aliphatic heterocycles. The van der Waals surface area contributed by atoms with Crippen LogP contribution in [-0.4, -0.2) is 36.1 Å². The van der Waals surface area contributed by atoms with Gasteiger partial charge in [-0.1, -0.05) is 12.1 Å². The van der Waals surface area contributed by atoms with Gasteiger partial charge in [-0.3, -0.25) is 4.79 Å². The highest BCUT2D eigenvalue weighted by atomic mass is 16.5. The second-order valence-electron chi connectivity index (χ2n) is 7.91. The molecule has 158 valence electrons. The molecule has 7 nitrogen and oxygen atoms in total. The second kappa shape index (κ2) is 8.34. The molecule has 1 atom stereocenters. The van der Waals surface area contributed by atoms with E-state index in [1.54, 1.807) is 7.11 Å². The molecule has 1 amide bonds. The average molecular weight is 409 g/mol. The van der Waals surface area contributed by atoms with Gasteiger partial charge in [-0.25, -0.2) is 4.98 Å². The molecule has 3 heterocycles. The van der Waals surface area contributed by atoms with Crippen molar-refractivity contribution in [3.05, 3.63) is 47.0 Å². The van der Waals surface area contributed by atoms with Crippen molar-refractivity contribution in [1.29, 1.82) is 0 Å². The Hall–Kier alpha value is -3.09. The number of ether oxygens (including phenoxy) is 1. The Labute approximate surface area is 176 Å². The molecule has 2 aromatic heterocycles. The van der Waals surface area contributed by atoms with E-state index >= 15 is 0 Å². The van der Waals surface area contributed by atoms with Crippen LogP contribution in [0.25, 0.3) is 11.1 Å². The number of aromatic nitrogens is 2. The Balaban J connectivity index is 1.49. The van der Waals surface area contributed by atoms with Gasteiger partial charge in [-0.05, 0) is 51.3 Å². The van der Waals surface area contributed by atoms with E-state index in [9.17, 15) is 4.79 Å². The molecule has 3 aromatic rings. The molecule has 4 rings (SSSR count). The summed E-state index contributed by atoms with van der Waals surface area (Å²) >= 11 is 0. The Morgan fingerprint density at radius 1 is 1.30 bits per heavy atom. The van der Waals surface area contributed by atoms with Crippen LogP contribution < -0.4 is 15.0 Å². The van der Waals surface area contributed by atoms with Crippen molar-refractivity contribution >= 4 is 22.8 Å². The summed E-state index contributed by atoms with van der Waals surface area (Å²) in [6.45, 7) is 7.85. The van der Waals surface area contributed by atoms with Crippen LogP contribution in [-0.2, 0) is 11.3 Å². The summed E-state index contributed by atoms with van der Waals surface area (Å²) in [4.78, 5) is 24.3. The monoisotopic (exact) mass is 408 g/mol. The molecule has 1 aliphatic rings. The highest BCUT2D eigenvalue weighted by molar-refractivity contribution is 5.90. The van der Waals surface area contributed by atoms with E-state index in [0.717, 1.165) is 53.2 Å². The number of hydrogen-bond donors (Lipinski definition) is 1. The van der Waals surface area contributed by atoms with Gasteiger partial charge < -0.3 is 19.4 Å². The van der Waals surface area contributed by atoms with Crippen LogP contribution in [0.1, 0.15) is 35.6 Å². The first kappa shape index (κ1) is 20.2. The van der Waals surface area contributed by atoms with Crippen LogP contribution in [0.5, 0.6) is 5.75 Å². The number of amides is 1. The van der Waals surface area contributed by atoms with Gasteiger partial charge in [0.25, 0.3) is 0 Å². The molecule has 0 saturated carbocycles. The molecule has 0 aliphatic carbocycles. The van der Waals surface area contributed by atoms with Gasteiger partial charge in [0.05, 0.1) is 18.4 Å². The van der Waals surface area contributed by atoms with Gasteiger partial charge in [0.15, 0.2) is 0 Å². The number of hydrogen-bond acceptors (Lipinski definition) is 6. The number of carbonyl (C=O) groups excluding carboxylic acids is 1. The zero-order chi connectivity index (χ0) is 21.3. The lowest BCUT2D eigenvalue weighted by Gasteiger charge is -2.33. The standard InChI is InChI=1S/C23H28N4O3/c1-14-15(2)30-23-20(14)21(25-16(3)26-23)27-10-6-8-18(13-27)22(28)24-12-17-7-5-9-19(11-17)29-4/h5,7,9,11,18H,6,8,10,12-13H2,1-4H3,(H,24,28)/t18-/m0/s1. The fourth-order valence-electron chi connectivity index (χ4n) is 4.06. The highest BCUT2D eigenvalue weighted by Gasteiger charge is 2.29. The Kier molecular flexibility index (Phi) is 5.61. The topological polar surface area (TPSA) is 80.5 Å². The van der Waals surface area contributed by atoms with Crippen molar-refractivity contribution in [1.82, 2.24) is 15.3 Å². The summed E-state index contributed by atoms with van der Waals surface area (Å²) in [5.41, 5.74) is 2.70. The van der Waals surface area contributed by atoms with Crippen LogP contribution >= 0.6 is 0 Å². The van der Waals surface area contributed by atoms with Crippen LogP contribution in [0.3, 0.4) is 0 Å². The van der Waals surface area contributed by atoms with Crippen molar-refractivity contribution in [3.8, 4) is 5.75 Å². The lowest BCUT2D eigenvalue weighted by Crippen LogP contribution is -2.43. The third-order valence-electron chi connectivity index (χ3n) is 5.81. The quantitative estimate of drug-likeness (QED) is 0.694. The molecule has 1 fully saturated rings. The lowest BCUT2D eigenvalue weighted by molar-refractivity contribution is -0.125. The maximum Gasteiger partial charge on any atom is 0.231 e. The number of nitrogens with zero attached hydrogens (tertiary/aromatic N) is 3. The molecule has 1 saturated heterocycles. The van der Waals surface area contributed by atoms with Crippen LogP contribution in [0.2, 0.25) is 0 Å². The summed E-state index contributed by atoms with van der Waals surface area (Å²) < 4.78 is 11.1. The normalized spacial score (nSPS) is 16.7. The smallest absolute Gasteiger partial charge is 0.231 e. The number of benzene rings is 1. The van der Waals surface area contributed by atoms with Crippen molar-refractivity contribution < 1.29 is 13.9 Å². The van der Waals surface area contributed by atoms with E-state index in [1.807, 2.05) is 45.0 Å². The molecular formula is C23H28N4O3. The maximum absolute atomic E-state index is 12.9. The summed E-state index contributed by atoms with van der Waals surface area (Å²) in [6.07, 6.45) is 1.81. The van der Waals surface area contributed by atoms with E-state index in [-0.39, 0.29) is 11.8 Å². The minimum Gasteiger partial charge on any atom is -0.497 e. The number of fused-ring (bicyclic) bond motifs is 1. The molecule has 1 aromatic carbocycles. The number of piperidine rings is 1. The van der Waals surface area contributed by atoms with Crippen LogP contribution in [0.15, 0.2) is 28.7 Å². The number of aryl methyl sites for hydroxylation is 3. The van der Waals surface area contributed by atoms with Gasteiger partial charge in [-0.15, -0.1) is 0 Å². The number of methoxy groups -OCH3 is 1. The molecule has 1 N–H and O–H groups in total. The predicted octanol–water partition coefficient (Wildman–Crippen LogP) is 3.69. The first-order chi connectivity index (χ1) is 14.5. The fourth-order valence-corrected chi connectivity index (χ4v) is 4.06. The molecule has 7 heteroatoms. The summed E-state index contributed by atoms with van der Waals surface area (Å²) in [6, 6.07) is 7.76. The number of carbonyl (C=O) groups is 1. The fraction of sp³-hybridized carbons (Fsp3) is 0.435. The molecule has 0 radical (unpaired) electrons. The predicted molar refractivity (Wildman–Crippen MR) is 116 cm³/mol. The molecular weight excluding hydrogens is 380 g/mol. The van der Waals surface area contributed by atoms with Gasteiger partial charge >= 0.3 is 0 Å². The van der Waals surface area contributed by atoms with Crippen LogP contribution in [0, 0.1) is 26.7 Å². The summed E-state index contributed by atoms with van der Waals surface area (Å²) in [5, 5.41) is 4.04. The molecule has 0 unspecified atom stereocenters. The highest BCUT2D eigenvalue weighted by Crippen LogP contribution is 2.33. The molecule has 0 bridgehead atoms. The molecule has 0 spiro atoms. The minimum atomic E-state index is -0.0806. The van der Waals surface area contributed by atoms with E-state index in [4.69, 9.17) is 14.1 Å². The van der Waals surface area contributed by atoms with E-state index in [1.165, 1.54) is 0 Å². The SMILES string of the molecule is COc1cccc(CNC(=O)[C@H]2CCCN(c3nc(C)nc4oc(C)c(C)c34)C2)c1. The average Bonchev–Trinajstić information content (AvgIpc) is 3.04. The Morgan fingerprint density at radius 2 is 2.13 bits per heavy atom. The lowest BCUT2D eigenvalue weighted by atomic mass is 9.96. The van der Waals surface area contributed by atoms with Crippen LogP contribution in [0.4, 0.5) is 5.82 Å². The third kappa shape index (κ3) is 3.97.